The van der Waals surface area contributed by atoms with Crippen molar-refractivity contribution >= 4 is 0 Å². The zero-order chi connectivity index (χ0) is 17.0. The molecule has 0 fully saturated rings. The molecule has 0 heterocycles. The molecule has 0 aliphatic heterocycles. The Morgan fingerprint density at radius 1 is 0.875 bits per heavy atom. The highest BCUT2D eigenvalue weighted by Crippen LogP contribution is 2.03. The van der Waals surface area contributed by atoms with Gasteiger partial charge in [-0.15, -0.1) is 6.58 Å². The standard InChI is InChI=1S/C22H28N2/c1-3-22(24-17-15-21-12-8-5-9-13-21)19(2)18-23-16-14-20-10-6-4-7-11-20/h3-13,22-24H,1-2,14-18H2. The first kappa shape index (κ1) is 18.2. The van der Waals surface area contributed by atoms with Gasteiger partial charge in [0, 0.05) is 19.1 Å². The van der Waals surface area contributed by atoms with Crippen LogP contribution < -0.4 is 10.6 Å². The zero-order valence-electron chi connectivity index (χ0n) is 14.4. The average Bonchev–Trinajstić information content (AvgIpc) is 2.64. The van der Waals surface area contributed by atoms with Crippen molar-refractivity contribution in [1.29, 1.82) is 0 Å². The maximum Gasteiger partial charge on any atom is 0.0472 e. The van der Waals surface area contributed by atoms with E-state index in [0.29, 0.717) is 0 Å². The van der Waals surface area contributed by atoms with Crippen LogP contribution in [0.2, 0.25) is 0 Å². The fourth-order valence-electron chi connectivity index (χ4n) is 2.65. The van der Waals surface area contributed by atoms with Crippen molar-refractivity contribution in [1.82, 2.24) is 10.6 Å². The van der Waals surface area contributed by atoms with Gasteiger partial charge in [-0.1, -0.05) is 73.3 Å². The van der Waals surface area contributed by atoms with Gasteiger partial charge in [-0.05, 0) is 36.1 Å². The molecule has 2 heteroatoms. The van der Waals surface area contributed by atoms with Crippen LogP contribution in [0, 0.1) is 0 Å². The lowest BCUT2D eigenvalue weighted by Gasteiger charge is -2.18. The molecule has 0 amide bonds. The molecule has 126 valence electrons. The maximum absolute atomic E-state index is 4.20. The van der Waals surface area contributed by atoms with Crippen LogP contribution in [0.25, 0.3) is 0 Å². The SMILES string of the molecule is C=CC(NCCc1ccccc1)C(=C)CNCCc1ccccc1. The minimum Gasteiger partial charge on any atom is -0.313 e. The van der Waals surface area contributed by atoms with Crippen LogP contribution >= 0.6 is 0 Å². The van der Waals surface area contributed by atoms with Crippen LogP contribution in [-0.4, -0.2) is 25.7 Å². The molecule has 0 aliphatic rings. The number of benzene rings is 2. The second-order valence-electron chi connectivity index (χ2n) is 5.97. The van der Waals surface area contributed by atoms with Gasteiger partial charge >= 0.3 is 0 Å². The van der Waals surface area contributed by atoms with E-state index in [2.05, 4.69) is 78.4 Å². The van der Waals surface area contributed by atoms with Gasteiger partial charge < -0.3 is 10.6 Å². The van der Waals surface area contributed by atoms with E-state index in [1.807, 2.05) is 12.1 Å². The minimum absolute atomic E-state index is 0.151. The molecule has 0 radical (unpaired) electrons. The number of hydrogen-bond donors (Lipinski definition) is 2. The van der Waals surface area contributed by atoms with Gasteiger partial charge in [-0.2, -0.15) is 0 Å². The molecule has 2 rings (SSSR count). The molecule has 0 bridgehead atoms. The summed E-state index contributed by atoms with van der Waals surface area (Å²) in [5, 5.41) is 6.99. The van der Waals surface area contributed by atoms with Crippen molar-refractivity contribution in [3.05, 3.63) is 96.6 Å². The highest BCUT2D eigenvalue weighted by atomic mass is 14.9. The third-order valence-corrected chi connectivity index (χ3v) is 4.08. The molecular weight excluding hydrogens is 292 g/mol. The van der Waals surface area contributed by atoms with Crippen molar-refractivity contribution in [2.45, 2.75) is 18.9 Å². The molecule has 2 N–H and O–H groups in total. The summed E-state index contributed by atoms with van der Waals surface area (Å²) in [6.45, 7) is 10.8. The number of rotatable bonds is 11. The van der Waals surface area contributed by atoms with Gasteiger partial charge in [0.05, 0.1) is 0 Å². The topological polar surface area (TPSA) is 24.1 Å². The highest BCUT2D eigenvalue weighted by Gasteiger charge is 2.07. The predicted octanol–water partition coefficient (Wildman–Crippen LogP) is 3.76. The molecule has 2 aromatic carbocycles. The van der Waals surface area contributed by atoms with E-state index < -0.39 is 0 Å². The Bertz CT molecular complexity index is 604. The molecule has 24 heavy (non-hydrogen) atoms. The summed E-state index contributed by atoms with van der Waals surface area (Å²) in [5.41, 5.74) is 3.84. The molecular formula is C22H28N2. The van der Waals surface area contributed by atoms with E-state index in [1.165, 1.54) is 11.1 Å². The lowest BCUT2D eigenvalue weighted by molar-refractivity contribution is 0.618. The van der Waals surface area contributed by atoms with Crippen molar-refractivity contribution in [2.24, 2.45) is 0 Å². The lowest BCUT2D eigenvalue weighted by Crippen LogP contribution is -2.34. The lowest BCUT2D eigenvalue weighted by atomic mass is 10.1. The molecule has 2 aromatic rings. The zero-order valence-corrected chi connectivity index (χ0v) is 14.4. The third kappa shape index (κ3) is 6.53. The van der Waals surface area contributed by atoms with E-state index in [-0.39, 0.29) is 6.04 Å². The Morgan fingerprint density at radius 2 is 1.42 bits per heavy atom. The molecule has 0 spiro atoms. The van der Waals surface area contributed by atoms with Crippen molar-refractivity contribution in [2.75, 3.05) is 19.6 Å². The van der Waals surface area contributed by atoms with Gasteiger partial charge in [0.25, 0.3) is 0 Å². The van der Waals surface area contributed by atoms with Gasteiger partial charge in [-0.3, -0.25) is 0 Å². The highest BCUT2D eigenvalue weighted by molar-refractivity contribution is 5.18. The summed E-state index contributed by atoms with van der Waals surface area (Å²) >= 11 is 0. The van der Waals surface area contributed by atoms with Crippen molar-refractivity contribution < 1.29 is 0 Å². The fourth-order valence-corrected chi connectivity index (χ4v) is 2.65. The quantitative estimate of drug-likeness (QED) is 0.486. The molecule has 1 atom stereocenters. The predicted molar refractivity (Wildman–Crippen MR) is 104 cm³/mol. The average molecular weight is 320 g/mol. The van der Waals surface area contributed by atoms with Crippen LogP contribution in [0.15, 0.2) is 85.5 Å². The van der Waals surface area contributed by atoms with Gasteiger partial charge in [0.1, 0.15) is 0 Å². The van der Waals surface area contributed by atoms with E-state index in [9.17, 15) is 0 Å². The Balaban J connectivity index is 1.64. The third-order valence-electron chi connectivity index (χ3n) is 4.08. The molecule has 0 saturated carbocycles. The van der Waals surface area contributed by atoms with Crippen LogP contribution in [0.5, 0.6) is 0 Å². The largest absolute Gasteiger partial charge is 0.313 e. The molecule has 0 aromatic heterocycles. The minimum atomic E-state index is 0.151. The molecule has 0 saturated heterocycles. The van der Waals surface area contributed by atoms with Crippen LogP contribution in [-0.2, 0) is 12.8 Å². The smallest absolute Gasteiger partial charge is 0.0472 e. The fraction of sp³-hybridized carbons (Fsp3) is 0.273. The maximum atomic E-state index is 4.20. The first-order valence-corrected chi connectivity index (χ1v) is 8.62. The van der Waals surface area contributed by atoms with E-state index in [0.717, 1.165) is 38.0 Å². The van der Waals surface area contributed by atoms with Crippen LogP contribution in [0.1, 0.15) is 11.1 Å². The summed E-state index contributed by atoms with van der Waals surface area (Å²) in [6, 6.07) is 21.2. The molecule has 2 nitrogen and oxygen atoms in total. The van der Waals surface area contributed by atoms with E-state index in [4.69, 9.17) is 0 Å². The monoisotopic (exact) mass is 320 g/mol. The Hall–Kier alpha value is -2.16. The first-order valence-electron chi connectivity index (χ1n) is 8.62. The Kier molecular flexibility index (Phi) is 8.02. The summed E-state index contributed by atoms with van der Waals surface area (Å²) in [7, 11) is 0. The van der Waals surface area contributed by atoms with Crippen molar-refractivity contribution in [3.8, 4) is 0 Å². The molecule has 0 aliphatic carbocycles. The van der Waals surface area contributed by atoms with Crippen LogP contribution in [0.4, 0.5) is 0 Å². The second-order valence-corrected chi connectivity index (χ2v) is 5.97. The number of hydrogen-bond acceptors (Lipinski definition) is 2. The second kappa shape index (κ2) is 10.6. The summed E-state index contributed by atoms with van der Waals surface area (Å²) < 4.78 is 0. The van der Waals surface area contributed by atoms with Gasteiger partial charge in [0.2, 0.25) is 0 Å². The summed E-state index contributed by atoms with van der Waals surface area (Å²) in [6.07, 6.45) is 3.99. The van der Waals surface area contributed by atoms with E-state index in [1.54, 1.807) is 0 Å². The summed E-state index contributed by atoms with van der Waals surface area (Å²) in [5.74, 6) is 0. The Morgan fingerprint density at radius 3 is 1.96 bits per heavy atom. The molecule has 1 unspecified atom stereocenters. The summed E-state index contributed by atoms with van der Waals surface area (Å²) in [4.78, 5) is 0. The van der Waals surface area contributed by atoms with Gasteiger partial charge in [0.15, 0.2) is 0 Å². The van der Waals surface area contributed by atoms with Crippen LogP contribution in [0.3, 0.4) is 0 Å². The normalized spacial score (nSPS) is 11.8. The Labute approximate surface area is 146 Å². The number of nitrogens with one attached hydrogen (secondary N) is 2. The van der Waals surface area contributed by atoms with Gasteiger partial charge in [-0.25, -0.2) is 0 Å². The first-order chi connectivity index (χ1) is 11.8. The van der Waals surface area contributed by atoms with Crippen molar-refractivity contribution in [3.63, 3.8) is 0 Å². The van der Waals surface area contributed by atoms with E-state index >= 15 is 0 Å².